The molecule has 166 valence electrons. The van der Waals surface area contributed by atoms with E-state index in [1.165, 1.54) is 0 Å². The fourth-order valence-corrected chi connectivity index (χ4v) is 3.15. The highest BCUT2D eigenvalue weighted by molar-refractivity contribution is 6.00. The number of benzene rings is 3. The van der Waals surface area contributed by atoms with Gasteiger partial charge >= 0.3 is 12.1 Å². The van der Waals surface area contributed by atoms with Gasteiger partial charge in [0.2, 0.25) is 0 Å². The molecule has 0 aliphatic heterocycles. The van der Waals surface area contributed by atoms with Crippen LogP contribution in [0.25, 0.3) is 0 Å². The summed E-state index contributed by atoms with van der Waals surface area (Å²) in [5, 5.41) is 11.3. The average molecular weight is 432 g/mol. The van der Waals surface area contributed by atoms with E-state index in [0.717, 1.165) is 24.2 Å². The van der Waals surface area contributed by atoms with Crippen molar-refractivity contribution in [1.82, 2.24) is 5.32 Å². The highest BCUT2D eigenvalue weighted by Crippen LogP contribution is 2.20. The second-order valence-corrected chi connectivity index (χ2v) is 7.47. The van der Waals surface area contributed by atoms with E-state index in [-0.39, 0.29) is 12.1 Å². The van der Waals surface area contributed by atoms with Gasteiger partial charge in [-0.2, -0.15) is 0 Å². The van der Waals surface area contributed by atoms with Crippen molar-refractivity contribution < 1.29 is 9.59 Å². The highest BCUT2D eigenvalue weighted by atomic mass is 16.2. The van der Waals surface area contributed by atoms with Gasteiger partial charge in [-0.05, 0) is 55.3 Å². The van der Waals surface area contributed by atoms with Crippen LogP contribution in [0.15, 0.2) is 78.9 Å². The van der Waals surface area contributed by atoms with Crippen LogP contribution < -0.4 is 26.2 Å². The molecule has 3 aromatic carbocycles. The molecule has 7 heteroatoms. The SMILES string of the molecule is Cc1ccc(NC(=O)Nc2ccccc2)cc1NC(=O)NCCCN(C)c1ccccc1. The summed E-state index contributed by atoms with van der Waals surface area (Å²) < 4.78 is 0. The molecular weight excluding hydrogens is 402 g/mol. The minimum Gasteiger partial charge on any atom is -0.375 e. The number of nitrogens with one attached hydrogen (secondary N) is 4. The molecule has 3 rings (SSSR count). The first-order chi connectivity index (χ1) is 15.5. The van der Waals surface area contributed by atoms with Gasteiger partial charge in [-0.1, -0.05) is 42.5 Å². The quantitative estimate of drug-likeness (QED) is 0.366. The second kappa shape index (κ2) is 11.4. The van der Waals surface area contributed by atoms with Gasteiger partial charge in [0.15, 0.2) is 0 Å². The summed E-state index contributed by atoms with van der Waals surface area (Å²) in [5.41, 5.74) is 3.98. The molecule has 0 fully saturated rings. The number of nitrogens with zero attached hydrogens (tertiary/aromatic N) is 1. The Labute approximate surface area is 188 Å². The number of carbonyl (C=O) groups is 2. The predicted octanol–water partition coefficient (Wildman–Crippen LogP) is 5.29. The van der Waals surface area contributed by atoms with Crippen molar-refractivity contribution in [3.8, 4) is 0 Å². The molecule has 0 spiro atoms. The van der Waals surface area contributed by atoms with E-state index in [1.807, 2.05) is 68.6 Å². The molecule has 0 saturated carbocycles. The summed E-state index contributed by atoms with van der Waals surface area (Å²) in [7, 11) is 2.03. The number of hydrogen-bond acceptors (Lipinski definition) is 3. The van der Waals surface area contributed by atoms with Gasteiger partial charge in [-0.15, -0.1) is 0 Å². The lowest BCUT2D eigenvalue weighted by atomic mass is 10.2. The standard InChI is InChI=1S/C25H29N5O2/c1-19-14-15-21(28-25(32)27-20-10-5-3-6-11-20)18-23(19)29-24(31)26-16-9-17-30(2)22-12-7-4-8-13-22/h3-8,10-15,18H,9,16-17H2,1-2H3,(H2,26,29,31)(H2,27,28,32). The lowest BCUT2D eigenvalue weighted by Gasteiger charge is -2.19. The molecule has 7 nitrogen and oxygen atoms in total. The number of hydrogen-bond donors (Lipinski definition) is 4. The third-order valence-corrected chi connectivity index (χ3v) is 4.93. The Morgan fingerprint density at radius 2 is 1.44 bits per heavy atom. The van der Waals surface area contributed by atoms with E-state index in [1.54, 1.807) is 12.1 Å². The number of aryl methyl sites for hydroxylation is 1. The van der Waals surface area contributed by atoms with Crippen molar-refractivity contribution in [1.29, 1.82) is 0 Å². The minimum absolute atomic E-state index is 0.277. The van der Waals surface area contributed by atoms with Gasteiger partial charge < -0.3 is 26.2 Å². The van der Waals surface area contributed by atoms with Crippen molar-refractivity contribution in [3.63, 3.8) is 0 Å². The molecule has 3 aromatic rings. The normalized spacial score (nSPS) is 10.2. The van der Waals surface area contributed by atoms with E-state index in [9.17, 15) is 9.59 Å². The zero-order valence-electron chi connectivity index (χ0n) is 18.4. The van der Waals surface area contributed by atoms with Crippen LogP contribution >= 0.6 is 0 Å². The van der Waals surface area contributed by atoms with Crippen LogP contribution in [0.2, 0.25) is 0 Å². The van der Waals surface area contributed by atoms with Crippen LogP contribution in [-0.2, 0) is 0 Å². The Balaban J connectivity index is 1.45. The van der Waals surface area contributed by atoms with Crippen molar-refractivity contribution in [2.45, 2.75) is 13.3 Å². The maximum absolute atomic E-state index is 12.3. The Morgan fingerprint density at radius 1 is 0.781 bits per heavy atom. The van der Waals surface area contributed by atoms with Gasteiger partial charge in [-0.3, -0.25) is 0 Å². The monoisotopic (exact) mass is 431 g/mol. The van der Waals surface area contributed by atoms with Crippen LogP contribution in [0.1, 0.15) is 12.0 Å². The zero-order valence-corrected chi connectivity index (χ0v) is 18.4. The fourth-order valence-electron chi connectivity index (χ4n) is 3.15. The first kappa shape index (κ1) is 22.7. The summed E-state index contributed by atoms with van der Waals surface area (Å²) in [6.45, 7) is 3.29. The number of para-hydroxylation sites is 2. The van der Waals surface area contributed by atoms with Gasteiger partial charge in [0.05, 0.1) is 0 Å². The summed E-state index contributed by atoms with van der Waals surface area (Å²) >= 11 is 0. The van der Waals surface area contributed by atoms with Crippen molar-refractivity contribution >= 4 is 34.8 Å². The molecule has 4 amide bonds. The fraction of sp³-hybridized carbons (Fsp3) is 0.200. The maximum atomic E-state index is 12.3. The zero-order chi connectivity index (χ0) is 22.8. The van der Waals surface area contributed by atoms with Crippen LogP contribution in [0.3, 0.4) is 0 Å². The summed E-state index contributed by atoms with van der Waals surface area (Å²) in [4.78, 5) is 26.7. The molecule has 0 bridgehead atoms. The number of amides is 4. The number of anilines is 4. The third kappa shape index (κ3) is 7.05. The molecule has 0 aliphatic carbocycles. The molecule has 0 saturated heterocycles. The first-order valence-corrected chi connectivity index (χ1v) is 10.6. The topological polar surface area (TPSA) is 85.5 Å². The largest absolute Gasteiger partial charge is 0.375 e. The summed E-state index contributed by atoms with van der Waals surface area (Å²) in [5.74, 6) is 0. The predicted molar refractivity (Wildman–Crippen MR) is 132 cm³/mol. The van der Waals surface area contributed by atoms with E-state index in [2.05, 4.69) is 38.3 Å². The van der Waals surface area contributed by atoms with Crippen LogP contribution in [0.5, 0.6) is 0 Å². The number of carbonyl (C=O) groups excluding carboxylic acids is 2. The maximum Gasteiger partial charge on any atom is 0.323 e. The molecule has 0 heterocycles. The Kier molecular flexibility index (Phi) is 8.09. The molecule has 0 radical (unpaired) electrons. The molecular formula is C25H29N5O2. The number of urea groups is 2. The van der Waals surface area contributed by atoms with E-state index >= 15 is 0 Å². The summed E-state index contributed by atoms with van der Waals surface area (Å²) in [6, 6.07) is 24.1. The van der Waals surface area contributed by atoms with Crippen molar-refractivity contribution in [2.75, 3.05) is 41.0 Å². The minimum atomic E-state index is -0.349. The molecule has 0 aromatic heterocycles. The molecule has 0 unspecified atom stereocenters. The highest BCUT2D eigenvalue weighted by Gasteiger charge is 2.08. The van der Waals surface area contributed by atoms with E-state index in [0.29, 0.717) is 23.6 Å². The Morgan fingerprint density at radius 3 is 2.16 bits per heavy atom. The molecule has 0 atom stereocenters. The smallest absolute Gasteiger partial charge is 0.323 e. The van der Waals surface area contributed by atoms with Gasteiger partial charge in [0.25, 0.3) is 0 Å². The van der Waals surface area contributed by atoms with E-state index in [4.69, 9.17) is 0 Å². The second-order valence-electron chi connectivity index (χ2n) is 7.47. The summed E-state index contributed by atoms with van der Waals surface area (Å²) in [6.07, 6.45) is 0.819. The third-order valence-electron chi connectivity index (χ3n) is 4.93. The van der Waals surface area contributed by atoms with Crippen LogP contribution in [0, 0.1) is 6.92 Å². The first-order valence-electron chi connectivity index (χ1n) is 10.6. The van der Waals surface area contributed by atoms with Crippen LogP contribution in [-0.4, -0.2) is 32.2 Å². The van der Waals surface area contributed by atoms with Crippen LogP contribution in [0.4, 0.5) is 32.3 Å². The van der Waals surface area contributed by atoms with E-state index < -0.39 is 0 Å². The molecule has 32 heavy (non-hydrogen) atoms. The molecule has 0 aliphatic rings. The Bertz CT molecular complexity index is 1030. The van der Waals surface area contributed by atoms with Gasteiger partial charge in [0, 0.05) is 42.9 Å². The van der Waals surface area contributed by atoms with Crippen molar-refractivity contribution in [2.24, 2.45) is 0 Å². The van der Waals surface area contributed by atoms with Crippen molar-refractivity contribution in [3.05, 3.63) is 84.4 Å². The average Bonchev–Trinajstić information content (AvgIpc) is 2.80. The number of rotatable bonds is 8. The Hall–Kier alpha value is -4.00. The lowest BCUT2D eigenvalue weighted by Crippen LogP contribution is -2.32. The molecule has 4 N–H and O–H groups in total. The van der Waals surface area contributed by atoms with Gasteiger partial charge in [0.1, 0.15) is 0 Å². The van der Waals surface area contributed by atoms with Gasteiger partial charge in [-0.25, -0.2) is 9.59 Å². The lowest BCUT2D eigenvalue weighted by molar-refractivity contribution is 0.252.